The molecular formula is C11H15NO2. The second-order valence-corrected chi connectivity index (χ2v) is 3.15. The van der Waals surface area contributed by atoms with E-state index in [4.69, 9.17) is 10.5 Å². The normalized spacial score (nSPS) is 13.1. The van der Waals surface area contributed by atoms with Crippen molar-refractivity contribution in [2.45, 2.75) is 13.0 Å². The zero-order valence-corrected chi connectivity index (χ0v) is 8.40. The van der Waals surface area contributed by atoms with Crippen LogP contribution < -0.4 is 10.5 Å². The highest BCUT2D eigenvalue weighted by Gasteiger charge is 2.00. The first-order valence-electron chi connectivity index (χ1n) is 4.44. The summed E-state index contributed by atoms with van der Waals surface area (Å²) in [7, 11) is 1.52. The summed E-state index contributed by atoms with van der Waals surface area (Å²) < 4.78 is 4.98. The summed E-state index contributed by atoms with van der Waals surface area (Å²) in [5.41, 5.74) is 6.53. The van der Waals surface area contributed by atoms with E-state index in [1.807, 2.05) is 19.1 Å². The average Bonchev–Trinajstić information content (AvgIpc) is 2.16. The highest BCUT2D eigenvalue weighted by atomic mass is 16.5. The van der Waals surface area contributed by atoms with Crippen molar-refractivity contribution in [3.63, 3.8) is 0 Å². The summed E-state index contributed by atoms with van der Waals surface area (Å²) in [6.07, 6.45) is 3.78. The molecular weight excluding hydrogens is 178 g/mol. The number of hydrogen-bond acceptors (Lipinski definition) is 3. The van der Waals surface area contributed by atoms with E-state index in [0.717, 1.165) is 5.56 Å². The molecule has 1 unspecified atom stereocenters. The van der Waals surface area contributed by atoms with Gasteiger partial charge in [-0.05, 0) is 24.6 Å². The summed E-state index contributed by atoms with van der Waals surface area (Å²) in [6, 6.07) is 5.18. The first kappa shape index (κ1) is 10.6. The Balaban J connectivity index is 2.89. The number of nitrogens with two attached hydrogens (primary N) is 1. The van der Waals surface area contributed by atoms with Crippen molar-refractivity contribution in [3.8, 4) is 11.5 Å². The van der Waals surface area contributed by atoms with Crippen LogP contribution in [0.2, 0.25) is 0 Å². The predicted molar refractivity (Wildman–Crippen MR) is 57.3 cm³/mol. The minimum atomic E-state index is 0.0230. The van der Waals surface area contributed by atoms with Crippen LogP contribution in [0.25, 0.3) is 6.08 Å². The topological polar surface area (TPSA) is 55.5 Å². The van der Waals surface area contributed by atoms with E-state index in [9.17, 15) is 5.11 Å². The maximum absolute atomic E-state index is 9.34. The lowest BCUT2D eigenvalue weighted by molar-refractivity contribution is 0.373. The molecule has 0 saturated heterocycles. The molecule has 0 saturated carbocycles. The minimum absolute atomic E-state index is 0.0230. The van der Waals surface area contributed by atoms with Crippen molar-refractivity contribution in [1.29, 1.82) is 0 Å². The number of rotatable bonds is 3. The molecule has 14 heavy (non-hydrogen) atoms. The highest BCUT2D eigenvalue weighted by Crippen LogP contribution is 2.26. The van der Waals surface area contributed by atoms with Gasteiger partial charge in [-0.1, -0.05) is 18.2 Å². The molecule has 0 amide bonds. The molecule has 3 heteroatoms. The van der Waals surface area contributed by atoms with Gasteiger partial charge in [-0.2, -0.15) is 0 Å². The molecule has 0 fully saturated rings. The van der Waals surface area contributed by atoms with Gasteiger partial charge in [0.2, 0.25) is 0 Å². The lowest BCUT2D eigenvalue weighted by atomic mass is 10.1. The van der Waals surface area contributed by atoms with Gasteiger partial charge in [0.05, 0.1) is 7.11 Å². The van der Waals surface area contributed by atoms with Gasteiger partial charge < -0.3 is 15.6 Å². The fourth-order valence-electron chi connectivity index (χ4n) is 1.06. The van der Waals surface area contributed by atoms with Crippen molar-refractivity contribution < 1.29 is 9.84 Å². The Labute approximate surface area is 83.8 Å². The summed E-state index contributed by atoms with van der Waals surface area (Å²) in [6.45, 7) is 1.90. The number of ether oxygens (including phenoxy) is 1. The first-order chi connectivity index (χ1) is 6.63. The highest BCUT2D eigenvalue weighted by molar-refractivity contribution is 5.55. The van der Waals surface area contributed by atoms with E-state index in [1.165, 1.54) is 7.11 Å². The average molecular weight is 193 g/mol. The van der Waals surface area contributed by atoms with Gasteiger partial charge in [-0.15, -0.1) is 0 Å². The largest absolute Gasteiger partial charge is 0.504 e. The molecule has 1 atom stereocenters. The third-order valence-electron chi connectivity index (χ3n) is 1.80. The van der Waals surface area contributed by atoms with Gasteiger partial charge in [0.25, 0.3) is 0 Å². The molecule has 76 valence electrons. The summed E-state index contributed by atoms with van der Waals surface area (Å²) >= 11 is 0. The lowest BCUT2D eigenvalue weighted by Crippen LogP contribution is -2.09. The lowest BCUT2D eigenvalue weighted by Gasteiger charge is -2.03. The molecule has 3 nitrogen and oxygen atoms in total. The smallest absolute Gasteiger partial charge is 0.161 e. The van der Waals surface area contributed by atoms with Crippen LogP contribution in [0.1, 0.15) is 12.5 Å². The van der Waals surface area contributed by atoms with Crippen LogP contribution in [0.15, 0.2) is 24.3 Å². The second kappa shape index (κ2) is 4.67. The molecule has 0 spiro atoms. The number of aromatic hydroxyl groups is 1. The number of benzene rings is 1. The van der Waals surface area contributed by atoms with Crippen LogP contribution in [0.4, 0.5) is 0 Å². The third-order valence-corrected chi connectivity index (χ3v) is 1.80. The standard InChI is InChI=1S/C11H15NO2/c1-8(12)3-4-9-5-6-10(13)11(7-9)14-2/h3-8,13H,12H2,1-2H3/b4-3+. The Bertz CT molecular complexity index is 332. The molecule has 1 rings (SSSR count). The first-order valence-corrected chi connectivity index (χ1v) is 4.44. The van der Waals surface area contributed by atoms with Gasteiger partial charge in [0.1, 0.15) is 0 Å². The van der Waals surface area contributed by atoms with E-state index in [0.29, 0.717) is 5.75 Å². The Morgan fingerprint density at radius 1 is 1.50 bits per heavy atom. The zero-order valence-electron chi connectivity index (χ0n) is 8.40. The van der Waals surface area contributed by atoms with E-state index >= 15 is 0 Å². The Kier molecular flexibility index (Phi) is 3.54. The number of phenolic OH excluding ortho intramolecular Hbond substituents is 1. The summed E-state index contributed by atoms with van der Waals surface area (Å²) in [4.78, 5) is 0. The Morgan fingerprint density at radius 2 is 2.21 bits per heavy atom. The molecule has 0 aromatic heterocycles. The van der Waals surface area contributed by atoms with Crippen LogP contribution in [0.3, 0.4) is 0 Å². The molecule has 0 heterocycles. The molecule has 1 aromatic carbocycles. The maximum Gasteiger partial charge on any atom is 0.161 e. The molecule has 0 bridgehead atoms. The van der Waals surface area contributed by atoms with Gasteiger partial charge in [-0.25, -0.2) is 0 Å². The monoisotopic (exact) mass is 193 g/mol. The van der Waals surface area contributed by atoms with E-state index in [-0.39, 0.29) is 11.8 Å². The fourth-order valence-corrected chi connectivity index (χ4v) is 1.06. The van der Waals surface area contributed by atoms with E-state index in [1.54, 1.807) is 18.2 Å². The van der Waals surface area contributed by atoms with Crippen molar-refractivity contribution in [3.05, 3.63) is 29.8 Å². The molecule has 1 aromatic rings. The number of hydrogen-bond donors (Lipinski definition) is 2. The molecule has 0 aliphatic rings. The van der Waals surface area contributed by atoms with Crippen molar-refractivity contribution in [2.75, 3.05) is 7.11 Å². The summed E-state index contributed by atoms with van der Waals surface area (Å²) in [5, 5.41) is 9.34. The number of methoxy groups -OCH3 is 1. The van der Waals surface area contributed by atoms with Gasteiger partial charge in [0, 0.05) is 6.04 Å². The molecule has 0 aliphatic carbocycles. The zero-order chi connectivity index (χ0) is 10.6. The van der Waals surface area contributed by atoms with Gasteiger partial charge in [-0.3, -0.25) is 0 Å². The minimum Gasteiger partial charge on any atom is -0.504 e. The van der Waals surface area contributed by atoms with Crippen molar-refractivity contribution >= 4 is 6.08 Å². The van der Waals surface area contributed by atoms with Crippen molar-refractivity contribution in [1.82, 2.24) is 0 Å². The molecule has 3 N–H and O–H groups in total. The van der Waals surface area contributed by atoms with Crippen LogP contribution in [-0.2, 0) is 0 Å². The van der Waals surface area contributed by atoms with Crippen LogP contribution in [0.5, 0.6) is 11.5 Å². The quantitative estimate of drug-likeness (QED) is 0.769. The predicted octanol–water partition coefficient (Wildman–Crippen LogP) is 1.76. The van der Waals surface area contributed by atoms with Gasteiger partial charge in [0.15, 0.2) is 11.5 Å². The number of phenols is 1. The fraction of sp³-hybridized carbons (Fsp3) is 0.273. The second-order valence-electron chi connectivity index (χ2n) is 3.15. The Morgan fingerprint density at radius 3 is 2.79 bits per heavy atom. The van der Waals surface area contributed by atoms with Crippen LogP contribution in [0, 0.1) is 0 Å². The van der Waals surface area contributed by atoms with Crippen LogP contribution >= 0.6 is 0 Å². The van der Waals surface area contributed by atoms with Crippen molar-refractivity contribution in [2.24, 2.45) is 5.73 Å². The maximum atomic E-state index is 9.34. The molecule has 0 radical (unpaired) electrons. The SMILES string of the molecule is COc1cc(/C=C/C(C)N)ccc1O. The van der Waals surface area contributed by atoms with E-state index in [2.05, 4.69) is 0 Å². The molecule has 0 aliphatic heterocycles. The van der Waals surface area contributed by atoms with Gasteiger partial charge >= 0.3 is 0 Å². The third kappa shape index (κ3) is 2.78. The Hall–Kier alpha value is -1.48. The van der Waals surface area contributed by atoms with E-state index < -0.39 is 0 Å². The summed E-state index contributed by atoms with van der Waals surface area (Å²) in [5.74, 6) is 0.613. The van der Waals surface area contributed by atoms with Crippen LogP contribution in [-0.4, -0.2) is 18.3 Å².